The first-order chi connectivity index (χ1) is 7.78. The van der Waals surface area contributed by atoms with E-state index in [1.165, 1.54) is 30.5 Å². The second kappa shape index (κ2) is 4.76. The van der Waals surface area contributed by atoms with Crippen molar-refractivity contribution in [1.29, 1.82) is 0 Å². The molecule has 16 heavy (non-hydrogen) atoms. The molecule has 84 valence electrons. The molecule has 0 atom stereocenters. The minimum absolute atomic E-state index is 0.150. The average Bonchev–Trinajstić information content (AvgIpc) is 2.70. The van der Waals surface area contributed by atoms with E-state index in [0.29, 0.717) is 12.3 Å². The van der Waals surface area contributed by atoms with Gasteiger partial charge in [-0.3, -0.25) is 0 Å². The van der Waals surface area contributed by atoms with Gasteiger partial charge in [0.15, 0.2) is 0 Å². The first-order valence-corrected chi connectivity index (χ1v) is 4.80. The summed E-state index contributed by atoms with van der Waals surface area (Å²) in [6.45, 7) is 0.607. The largest absolute Gasteiger partial charge is 0.417 e. The lowest BCUT2D eigenvalue weighted by Crippen LogP contribution is -2.04. The van der Waals surface area contributed by atoms with Crippen molar-refractivity contribution in [3.63, 3.8) is 0 Å². The van der Waals surface area contributed by atoms with Crippen molar-refractivity contribution in [2.45, 2.75) is 6.54 Å². The lowest BCUT2D eigenvalue weighted by atomic mass is 10.3. The highest BCUT2D eigenvalue weighted by atomic mass is 19.1. The number of benzene rings is 1. The molecule has 1 N–H and O–H groups in total. The van der Waals surface area contributed by atoms with Gasteiger partial charge in [0, 0.05) is 6.54 Å². The van der Waals surface area contributed by atoms with Crippen LogP contribution in [0.15, 0.2) is 34.9 Å². The van der Waals surface area contributed by atoms with E-state index in [2.05, 4.69) is 10.3 Å². The Morgan fingerprint density at radius 3 is 2.81 bits per heavy atom. The number of rotatable bonds is 4. The zero-order valence-electron chi connectivity index (χ0n) is 8.74. The summed E-state index contributed by atoms with van der Waals surface area (Å²) < 4.78 is 23.0. The molecule has 1 aromatic carbocycles. The minimum atomic E-state index is -0.310. The fourth-order valence-electron chi connectivity index (χ4n) is 1.20. The van der Waals surface area contributed by atoms with Gasteiger partial charge in [0.25, 0.3) is 0 Å². The smallest absolute Gasteiger partial charge is 0.399 e. The molecule has 1 aromatic heterocycles. The highest BCUT2D eigenvalue weighted by molar-refractivity contribution is 5.24. The van der Waals surface area contributed by atoms with E-state index in [9.17, 15) is 4.39 Å². The Hall–Kier alpha value is -1.88. The number of hydrogen-bond donors (Lipinski definition) is 1. The normalized spacial score (nSPS) is 10.4. The van der Waals surface area contributed by atoms with Crippen molar-refractivity contribution < 1.29 is 13.5 Å². The van der Waals surface area contributed by atoms with Crippen LogP contribution in [0.1, 0.15) is 5.69 Å². The molecule has 0 aliphatic rings. The standard InChI is InChI=1S/C11H11FN2O2/c1-13-6-9-7-15-11(14-9)16-10-4-2-8(12)3-5-10/h2-5,7,13H,6H2,1H3. The summed E-state index contributed by atoms with van der Waals surface area (Å²) in [4.78, 5) is 4.07. The number of nitrogens with zero attached hydrogens (tertiary/aromatic N) is 1. The van der Waals surface area contributed by atoms with Crippen LogP contribution in [0.4, 0.5) is 4.39 Å². The van der Waals surface area contributed by atoms with Crippen LogP contribution in [0.5, 0.6) is 11.8 Å². The second-order valence-corrected chi connectivity index (χ2v) is 3.19. The molecule has 0 saturated heterocycles. The van der Waals surface area contributed by atoms with Crippen molar-refractivity contribution in [2.24, 2.45) is 0 Å². The fourth-order valence-corrected chi connectivity index (χ4v) is 1.20. The lowest BCUT2D eigenvalue weighted by Gasteiger charge is -1.99. The summed E-state index contributed by atoms with van der Waals surface area (Å²) in [6, 6.07) is 5.65. The third kappa shape index (κ3) is 2.58. The van der Waals surface area contributed by atoms with Crippen molar-refractivity contribution in [3.05, 3.63) is 42.0 Å². The van der Waals surface area contributed by atoms with Gasteiger partial charge >= 0.3 is 6.08 Å². The molecule has 0 bridgehead atoms. The SMILES string of the molecule is CNCc1coc(Oc2ccc(F)cc2)n1. The van der Waals surface area contributed by atoms with Crippen LogP contribution in [0.3, 0.4) is 0 Å². The van der Waals surface area contributed by atoms with Crippen LogP contribution in [-0.4, -0.2) is 12.0 Å². The highest BCUT2D eigenvalue weighted by Gasteiger charge is 2.05. The maximum Gasteiger partial charge on any atom is 0.399 e. The molecule has 0 unspecified atom stereocenters. The number of hydrogen-bond acceptors (Lipinski definition) is 4. The molecule has 0 saturated carbocycles. The molecule has 0 aliphatic carbocycles. The highest BCUT2D eigenvalue weighted by Crippen LogP contribution is 2.20. The molecule has 0 fully saturated rings. The monoisotopic (exact) mass is 222 g/mol. The summed E-state index contributed by atoms with van der Waals surface area (Å²) in [5.74, 6) is 0.176. The topological polar surface area (TPSA) is 47.3 Å². The molecular weight excluding hydrogens is 211 g/mol. The minimum Gasteiger partial charge on any atom is -0.417 e. The average molecular weight is 222 g/mol. The van der Waals surface area contributed by atoms with Crippen LogP contribution in [0.2, 0.25) is 0 Å². The summed E-state index contributed by atoms with van der Waals surface area (Å²) in [5.41, 5.74) is 0.750. The number of nitrogens with one attached hydrogen (secondary N) is 1. The first kappa shape index (κ1) is 10.6. The summed E-state index contributed by atoms with van der Waals surface area (Å²) in [6.07, 6.45) is 1.66. The molecule has 0 radical (unpaired) electrons. The summed E-state index contributed by atoms with van der Waals surface area (Å²) >= 11 is 0. The van der Waals surface area contributed by atoms with E-state index in [-0.39, 0.29) is 11.9 Å². The zero-order valence-corrected chi connectivity index (χ0v) is 8.74. The zero-order chi connectivity index (χ0) is 11.4. The quantitative estimate of drug-likeness (QED) is 0.862. The van der Waals surface area contributed by atoms with E-state index < -0.39 is 0 Å². The number of ether oxygens (including phenoxy) is 1. The van der Waals surface area contributed by atoms with E-state index >= 15 is 0 Å². The van der Waals surface area contributed by atoms with Crippen molar-refractivity contribution >= 4 is 0 Å². The van der Waals surface area contributed by atoms with Gasteiger partial charge in [-0.1, -0.05) is 0 Å². The van der Waals surface area contributed by atoms with E-state index in [1.54, 1.807) is 0 Å². The first-order valence-electron chi connectivity index (χ1n) is 4.80. The Kier molecular flexibility index (Phi) is 3.16. The predicted molar refractivity (Wildman–Crippen MR) is 55.7 cm³/mol. The van der Waals surface area contributed by atoms with Gasteiger partial charge in [-0.05, 0) is 31.3 Å². The molecule has 4 nitrogen and oxygen atoms in total. The van der Waals surface area contributed by atoms with Gasteiger partial charge in [-0.2, -0.15) is 4.98 Å². The maximum absolute atomic E-state index is 12.6. The molecule has 0 spiro atoms. The van der Waals surface area contributed by atoms with Crippen LogP contribution in [0, 0.1) is 5.82 Å². The third-order valence-electron chi connectivity index (χ3n) is 1.91. The predicted octanol–water partition coefficient (Wildman–Crippen LogP) is 2.33. The van der Waals surface area contributed by atoms with Crippen molar-refractivity contribution in [2.75, 3.05) is 7.05 Å². The molecule has 1 heterocycles. The van der Waals surface area contributed by atoms with Gasteiger partial charge in [0.1, 0.15) is 17.8 Å². The van der Waals surface area contributed by atoms with Gasteiger partial charge < -0.3 is 14.5 Å². The fraction of sp³-hybridized carbons (Fsp3) is 0.182. The molecule has 0 amide bonds. The number of oxazole rings is 1. The van der Waals surface area contributed by atoms with Gasteiger partial charge in [0.05, 0.1) is 5.69 Å². The molecule has 0 aliphatic heterocycles. The van der Waals surface area contributed by atoms with Crippen LogP contribution in [0.25, 0.3) is 0 Å². The number of halogens is 1. The molecule has 5 heteroatoms. The van der Waals surface area contributed by atoms with E-state index in [4.69, 9.17) is 9.15 Å². The third-order valence-corrected chi connectivity index (χ3v) is 1.91. The summed E-state index contributed by atoms with van der Waals surface area (Å²) in [7, 11) is 1.81. The van der Waals surface area contributed by atoms with Gasteiger partial charge in [-0.25, -0.2) is 4.39 Å². The summed E-state index contributed by atoms with van der Waals surface area (Å²) in [5, 5.41) is 2.94. The Morgan fingerprint density at radius 1 is 1.38 bits per heavy atom. The van der Waals surface area contributed by atoms with Gasteiger partial charge in [-0.15, -0.1) is 0 Å². The van der Waals surface area contributed by atoms with Gasteiger partial charge in [0.2, 0.25) is 0 Å². The molecule has 2 aromatic rings. The Labute approximate surface area is 92.1 Å². The van der Waals surface area contributed by atoms with Crippen molar-refractivity contribution in [1.82, 2.24) is 10.3 Å². The lowest BCUT2D eigenvalue weighted by molar-refractivity contribution is 0.330. The van der Waals surface area contributed by atoms with Crippen molar-refractivity contribution in [3.8, 4) is 11.8 Å². The number of aromatic nitrogens is 1. The molecule has 2 rings (SSSR count). The Morgan fingerprint density at radius 2 is 2.12 bits per heavy atom. The van der Waals surface area contributed by atoms with Crippen LogP contribution >= 0.6 is 0 Å². The van der Waals surface area contributed by atoms with E-state index in [0.717, 1.165) is 5.69 Å². The molecular formula is C11H11FN2O2. The Bertz CT molecular complexity index is 453. The van der Waals surface area contributed by atoms with E-state index in [1.807, 2.05) is 7.05 Å². The van der Waals surface area contributed by atoms with Crippen LogP contribution < -0.4 is 10.1 Å². The van der Waals surface area contributed by atoms with Crippen LogP contribution in [-0.2, 0) is 6.54 Å². The maximum atomic E-state index is 12.6. The Balaban J connectivity index is 2.05. The second-order valence-electron chi connectivity index (χ2n) is 3.19.